The second-order valence-electron chi connectivity index (χ2n) is 4.96. The molecule has 2 aliphatic rings. The van der Waals surface area contributed by atoms with Crippen molar-refractivity contribution in [2.75, 3.05) is 13.2 Å². The number of rotatable bonds is 4. The van der Waals surface area contributed by atoms with Gasteiger partial charge in [-0.1, -0.05) is 11.6 Å². The van der Waals surface area contributed by atoms with E-state index in [0.717, 1.165) is 38.1 Å². The van der Waals surface area contributed by atoms with Gasteiger partial charge in [0.1, 0.15) is 17.6 Å². The van der Waals surface area contributed by atoms with Crippen molar-refractivity contribution in [3.8, 4) is 5.88 Å². The maximum Gasteiger partial charge on any atom is 0.218 e. The third-order valence-electron chi connectivity index (χ3n) is 3.32. The van der Waals surface area contributed by atoms with Crippen LogP contribution in [0.3, 0.4) is 0 Å². The van der Waals surface area contributed by atoms with E-state index in [9.17, 15) is 0 Å². The zero-order valence-corrected chi connectivity index (χ0v) is 11.0. The van der Waals surface area contributed by atoms with Gasteiger partial charge in [-0.3, -0.25) is 0 Å². The Kier molecular flexibility index (Phi) is 3.66. The van der Waals surface area contributed by atoms with E-state index in [4.69, 9.17) is 21.1 Å². The molecule has 3 rings (SSSR count). The molecule has 1 atom stereocenters. The molecule has 1 aliphatic carbocycles. The predicted molar refractivity (Wildman–Crippen MR) is 68.1 cm³/mol. The summed E-state index contributed by atoms with van der Waals surface area (Å²) in [5.41, 5.74) is 0. The van der Waals surface area contributed by atoms with Crippen molar-refractivity contribution < 1.29 is 9.47 Å². The third kappa shape index (κ3) is 3.12. The average Bonchev–Trinajstić information content (AvgIpc) is 3.21. The van der Waals surface area contributed by atoms with Crippen LogP contribution in [0, 0.1) is 0 Å². The first-order valence-corrected chi connectivity index (χ1v) is 6.98. The third-order valence-corrected chi connectivity index (χ3v) is 3.52. The lowest BCUT2D eigenvalue weighted by atomic mass is 10.1. The highest BCUT2D eigenvalue weighted by molar-refractivity contribution is 6.29. The summed E-state index contributed by atoms with van der Waals surface area (Å²) < 4.78 is 11.3. The Balaban J connectivity index is 1.60. The molecule has 0 bridgehead atoms. The number of halogens is 1. The van der Waals surface area contributed by atoms with Gasteiger partial charge in [-0.2, -0.15) is 4.98 Å². The van der Waals surface area contributed by atoms with Crippen LogP contribution < -0.4 is 4.74 Å². The van der Waals surface area contributed by atoms with E-state index < -0.39 is 0 Å². The molecule has 5 heteroatoms. The molecule has 2 heterocycles. The molecule has 1 saturated heterocycles. The minimum absolute atomic E-state index is 0.192. The molecule has 98 valence electrons. The standard InChI is InChI=1S/C13H17ClN2O2/c14-11-7-12(16-13(15-11)9-4-5-9)18-8-10-3-1-2-6-17-10/h7,9-10H,1-6,8H2. The number of hydrogen-bond acceptors (Lipinski definition) is 4. The molecule has 4 nitrogen and oxygen atoms in total. The van der Waals surface area contributed by atoms with Gasteiger partial charge in [0.15, 0.2) is 0 Å². The Morgan fingerprint density at radius 3 is 2.89 bits per heavy atom. The first-order chi connectivity index (χ1) is 8.81. The van der Waals surface area contributed by atoms with Crippen LogP contribution in [0.1, 0.15) is 43.8 Å². The van der Waals surface area contributed by atoms with Crippen molar-refractivity contribution in [1.82, 2.24) is 9.97 Å². The lowest BCUT2D eigenvalue weighted by molar-refractivity contribution is -0.0120. The monoisotopic (exact) mass is 268 g/mol. The molecule has 0 amide bonds. The van der Waals surface area contributed by atoms with Crippen molar-refractivity contribution in [3.63, 3.8) is 0 Å². The summed E-state index contributed by atoms with van der Waals surface area (Å²) in [6.07, 6.45) is 5.94. The Morgan fingerprint density at radius 2 is 2.17 bits per heavy atom. The summed E-state index contributed by atoms with van der Waals surface area (Å²) in [6, 6.07) is 1.68. The van der Waals surface area contributed by atoms with Gasteiger partial charge >= 0.3 is 0 Å². The van der Waals surface area contributed by atoms with Crippen molar-refractivity contribution in [3.05, 3.63) is 17.0 Å². The number of hydrogen-bond donors (Lipinski definition) is 0. The molecule has 0 radical (unpaired) electrons. The Morgan fingerprint density at radius 1 is 1.28 bits per heavy atom. The topological polar surface area (TPSA) is 44.2 Å². The molecule has 0 N–H and O–H groups in total. The summed E-state index contributed by atoms with van der Waals surface area (Å²) >= 11 is 5.98. The van der Waals surface area contributed by atoms with Crippen molar-refractivity contribution in [1.29, 1.82) is 0 Å². The molecular formula is C13H17ClN2O2. The number of aromatic nitrogens is 2. The Bertz CT molecular complexity index is 417. The van der Waals surface area contributed by atoms with Gasteiger partial charge in [0.25, 0.3) is 0 Å². The van der Waals surface area contributed by atoms with Crippen LogP contribution in [0.15, 0.2) is 6.07 Å². The van der Waals surface area contributed by atoms with E-state index in [1.165, 1.54) is 6.42 Å². The summed E-state index contributed by atoms with van der Waals surface area (Å²) in [5.74, 6) is 1.88. The van der Waals surface area contributed by atoms with Crippen LogP contribution in [0.4, 0.5) is 0 Å². The lowest BCUT2D eigenvalue weighted by Crippen LogP contribution is -2.26. The molecule has 1 unspecified atom stereocenters. The van der Waals surface area contributed by atoms with E-state index in [1.54, 1.807) is 6.07 Å². The van der Waals surface area contributed by atoms with Crippen LogP contribution in [0.5, 0.6) is 5.88 Å². The highest BCUT2D eigenvalue weighted by Gasteiger charge is 2.27. The van der Waals surface area contributed by atoms with Gasteiger partial charge in [-0.15, -0.1) is 0 Å². The fourth-order valence-corrected chi connectivity index (χ4v) is 2.31. The molecule has 0 aromatic carbocycles. The summed E-state index contributed by atoms with van der Waals surface area (Å²) in [6.45, 7) is 1.39. The highest BCUT2D eigenvalue weighted by atomic mass is 35.5. The van der Waals surface area contributed by atoms with Crippen molar-refractivity contribution in [2.45, 2.75) is 44.1 Å². The number of ether oxygens (including phenoxy) is 2. The van der Waals surface area contributed by atoms with Crippen LogP contribution in [0.2, 0.25) is 5.15 Å². The van der Waals surface area contributed by atoms with Gasteiger partial charge < -0.3 is 9.47 Å². The van der Waals surface area contributed by atoms with Gasteiger partial charge in [0.2, 0.25) is 5.88 Å². The quantitative estimate of drug-likeness (QED) is 0.788. The fraction of sp³-hybridized carbons (Fsp3) is 0.692. The summed E-state index contributed by atoms with van der Waals surface area (Å²) in [4.78, 5) is 8.64. The Hall–Kier alpha value is -0.870. The molecular weight excluding hydrogens is 252 g/mol. The normalized spacial score (nSPS) is 23.9. The van der Waals surface area contributed by atoms with Crippen molar-refractivity contribution in [2.24, 2.45) is 0 Å². The smallest absolute Gasteiger partial charge is 0.218 e. The van der Waals surface area contributed by atoms with E-state index in [1.807, 2.05) is 0 Å². The molecule has 0 spiro atoms. The molecule has 18 heavy (non-hydrogen) atoms. The van der Waals surface area contributed by atoms with E-state index in [-0.39, 0.29) is 6.10 Å². The molecule has 1 saturated carbocycles. The first-order valence-electron chi connectivity index (χ1n) is 6.60. The van der Waals surface area contributed by atoms with Crippen molar-refractivity contribution >= 4 is 11.6 Å². The van der Waals surface area contributed by atoms with E-state index >= 15 is 0 Å². The molecule has 2 fully saturated rings. The average molecular weight is 269 g/mol. The SMILES string of the molecule is Clc1cc(OCC2CCCCO2)nc(C2CC2)n1. The molecule has 1 aliphatic heterocycles. The largest absolute Gasteiger partial charge is 0.475 e. The maximum absolute atomic E-state index is 5.98. The van der Waals surface area contributed by atoms with Gasteiger partial charge in [0.05, 0.1) is 6.10 Å². The number of nitrogens with zero attached hydrogens (tertiary/aromatic N) is 2. The second-order valence-corrected chi connectivity index (χ2v) is 5.35. The second kappa shape index (κ2) is 5.41. The minimum atomic E-state index is 0.192. The van der Waals surface area contributed by atoms with E-state index in [0.29, 0.717) is 23.6 Å². The van der Waals surface area contributed by atoms with Gasteiger partial charge in [0, 0.05) is 18.6 Å². The van der Waals surface area contributed by atoms with E-state index in [2.05, 4.69) is 9.97 Å². The van der Waals surface area contributed by atoms with Gasteiger partial charge in [-0.05, 0) is 32.1 Å². The molecule has 1 aromatic rings. The predicted octanol–water partition coefficient (Wildman–Crippen LogP) is 2.96. The highest BCUT2D eigenvalue weighted by Crippen LogP contribution is 2.39. The first kappa shape index (κ1) is 12.2. The summed E-state index contributed by atoms with van der Waals surface area (Å²) in [5, 5.41) is 0.464. The van der Waals surface area contributed by atoms with Crippen LogP contribution >= 0.6 is 11.6 Å². The van der Waals surface area contributed by atoms with Crippen LogP contribution in [0.25, 0.3) is 0 Å². The van der Waals surface area contributed by atoms with Crippen LogP contribution in [-0.4, -0.2) is 29.3 Å². The lowest BCUT2D eigenvalue weighted by Gasteiger charge is -2.22. The minimum Gasteiger partial charge on any atom is -0.475 e. The fourth-order valence-electron chi connectivity index (χ4n) is 2.13. The van der Waals surface area contributed by atoms with Gasteiger partial charge in [-0.25, -0.2) is 4.98 Å². The molecule has 1 aromatic heterocycles. The zero-order chi connectivity index (χ0) is 12.4. The summed E-state index contributed by atoms with van der Waals surface area (Å²) in [7, 11) is 0. The maximum atomic E-state index is 5.98. The Labute approximate surface area is 112 Å². The van der Waals surface area contributed by atoms with Crippen LogP contribution in [-0.2, 0) is 4.74 Å². The zero-order valence-electron chi connectivity index (χ0n) is 10.3.